The lowest BCUT2D eigenvalue weighted by molar-refractivity contribution is -0.319. The third kappa shape index (κ3) is 1.24. The molecule has 2 heterocycles. The van der Waals surface area contributed by atoms with Crippen LogP contribution in [0.3, 0.4) is 0 Å². The van der Waals surface area contributed by atoms with Crippen LogP contribution in [0.2, 0.25) is 0 Å². The Morgan fingerprint density at radius 3 is 2.50 bits per heavy atom. The molecule has 86 valence electrons. The van der Waals surface area contributed by atoms with E-state index in [9.17, 15) is 9.59 Å². The number of fused-ring (bicyclic) bond motifs is 1. The molecule has 0 spiro atoms. The molecule has 6 nitrogen and oxygen atoms in total. The van der Waals surface area contributed by atoms with Gasteiger partial charge in [-0.1, -0.05) is 0 Å². The first kappa shape index (κ1) is 11.0. The monoisotopic (exact) mass is 241 g/mol. The molecule has 0 radical (unpaired) electrons. The number of nitrogens with zero attached hydrogens (tertiary/aromatic N) is 3. The number of amidine groups is 1. The fourth-order valence-corrected chi connectivity index (χ4v) is 2.30. The van der Waals surface area contributed by atoms with Crippen molar-refractivity contribution in [1.29, 1.82) is 0 Å². The molecule has 2 aliphatic heterocycles. The minimum Gasteiger partial charge on any atom is -0.270 e. The summed E-state index contributed by atoms with van der Waals surface area (Å²) < 4.78 is 0. The minimum atomic E-state index is -0.481. The predicted molar refractivity (Wildman–Crippen MR) is 60.7 cm³/mol. The zero-order valence-electron chi connectivity index (χ0n) is 9.35. The van der Waals surface area contributed by atoms with Gasteiger partial charge in [-0.25, -0.2) is 14.7 Å². The van der Waals surface area contributed by atoms with E-state index in [1.54, 1.807) is 11.9 Å². The van der Waals surface area contributed by atoms with Crippen LogP contribution in [0.25, 0.3) is 0 Å². The summed E-state index contributed by atoms with van der Waals surface area (Å²) in [6.45, 7) is 2.54. The maximum Gasteiger partial charge on any atom is 0.388 e. The second-order valence-electron chi connectivity index (χ2n) is 3.74. The summed E-state index contributed by atoms with van der Waals surface area (Å²) in [7, 11) is 3.11. The molecule has 1 fully saturated rings. The molecule has 0 bridgehead atoms. The second kappa shape index (κ2) is 3.51. The normalized spacial score (nSPS) is 25.2. The van der Waals surface area contributed by atoms with Gasteiger partial charge in [0.25, 0.3) is 16.9 Å². The van der Waals surface area contributed by atoms with E-state index in [-0.39, 0.29) is 11.9 Å². The molecule has 1 saturated heterocycles. The van der Waals surface area contributed by atoms with Gasteiger partial charge in [-0.3, -0.25) is 14.6 Å². The molecule has 0 aromatic heterocycles. The quantitative estimate of drug-likeness (QED) is 0.538. The average Bonchev–Trinajstić information content (AvgIpc) is 2.60. The lowest BCUT2D eigenvalue weighted by Gasteiger charge is -2.30. The van der Waals surface area contributed by atoms with Gasteiger partial charge in [-0.15, -0.1) is 0 Å². The van der Waals surface area contributed by atoms with Crippen LogP contribution in [0.15, 0.2) is 0 Å². The Balaban J connectivity index is 2.45. The molecule has 16 heavy (non-hydrogen) atoms. The van der Waals surface area contributed by atoms with Gasteiger partial charge in [0.1, 0.15) is 0 Å². The fraction of sp³-hybridized carbons (Fsp3) is 0.556. The lowest BCUT2D eigenvalue weighted by Crippen LogP contribution is -2.79. The highest BCUT2D eigenvalue weighted by molar-refractivity contribution is 7.79. The zero-order chi connectivity index (χ0) is 12.0. The van der Waals surface area contributed by atoms with Gasteiger partial charge in [0.2, 0.25) is 6.04 Å². The van der Waals surface area contributed by atoms with E-state index >= 15 is 0 Å². The van der Waals surface area contributed by atoms with Gasteiger partial charge in [0.15, 0.2) is 0 Å². The Labute approximate surface area is 98.5 Å². The van der Waals surface area contributed by atoms with Crippen molar-refractivity contribution in [3.63, 3.8) is 0 Å². The number of amides is 3. The van der Waals surface area contributed by atoms with E-state index in [1.165, 1.54) is 11.9 Å². The zero-order valence-corrected chi connectivity index (χ0v) is 10.2. The summed E-state index contributed by atoms with van der Waals surface area (Å²) in [5.74, 6) is 0.312. The smallest absolute Gasteiger partial charge is 0.270 e. The minimum absolute atomic E-state index is 0.243. The van der Waals surface area contributed by atoms with Crippen LogP contribution in [-0.4, -0.2) is 64.3 Å². The SMILES string of the molecule is CCN1C(=S)[NH+]=C2C1C(=O)N(C)C(=O)N2C. The average molecular weight is 241 g/mol. The third-order valence-electron chi connectivity index (χ3n) is 2.91. The van der Waals surface area contributed by atoms with Crippen molar-refractivity contribution in [2.24, 2.45) is 0 Å². The van der Waals surface area contributed by atoms with Gasteiger partial charge >= 0.3 is 6.03 Å². The van der Waals surface area contributed by atoms with Crippen LogP contribution in [0.1, 0.15) is 6.92 Å². The number of carbonyl (C=O) groups excluding carboxylic acids is 2. The largest absolute Gasteiger partial charge is 0.388 e. The third-order valence-corrected chi connectivity index (χ3v) is 3.24. The van der Waals surface area contributed by atoms with Crippen molar-refractivity contribution in [2.75, 3.05) is 20.6 Å². The van der Waals surface area contributed by atoms with Gasteiger partial charge in [0.05, 0.1) is 13.6 Å². The van der Waals surface area contributed by atoms with E-state index in [0.29, 0.717) is 17.5 Å². The highest BCUT2D eigenvalue weighted by Gasteiger charge is 2.53. The molecule has 0 aromatic rings. The molecule has 1 unspecified atom stereocenters. The Kier molecular flexibility index (Phi) is 2.42. The number of thiocarbonyl (C=S) groups is 1. The summed E-state index contributed by atoms with van der Waals surface area (Å²) in [6.07, 6.45) is 0. The maximum absolute atomic E-state index is 12.0. The summed E-state index contributed by atoms with van der Waals surface area (Å²) >= 11 is 5.12. The van der Waals surface area contributed by atoms with Gasteiger partial charge < -0.3 is 0 Å². The molecule has 2 rings (SSSR count). The molecule has 0 saturated carbocycles. The topological polar surface area (TPSA) is 57.8 Å². The lowest BCUT2D eigenvalue weighted by atomic mass is 10.1. The second-order valence-corrected chi connectivity index (χ2v) is 4.13. The molecule has 1 atom stereocenters. The molecule has 0 aromatic carbocycles. The number of urea groups is 1. The van der Waals surface area contributed by atoms with E-state index in [0.717, 1.165) is 4.90 Å². The molecule has 1 N–H and O–H groups in total. The summed E-state index contributed by atoms with van der Waals surface area (Å²) in [6, 6.07) is -0.824. The van der Waals surface area contributed by atoms with Gasteiger partial charge in [-0.05, 0) is 19.1 Å². The van der Waals surface area contributed by atoms with E-state index in [2.05, 4.69) is 4.99 Å². The van der Waals surface area contributed by atoms with E-state index in [4.69, 9.17) is 12.2 Å². The van der Waals surface area contributed by atoms with Crippen LogP contribution >= 0.6 is 12.2 Å². The fourth-order valence-electron chi connectivity index (χ4n) is 1.96. The maximum atomic E-state index is 12.0. The van der Waals surface area contributed by atoms with E-state index in [1.807, 2.05) is 6.92 Å². The van der Waals surface area contributed by atoms with Crippen molar-refractivity contribution in [3.8, 4) is 0 Å². The first-order chi connectivity index (χ1) is 7.49. The van der Waals surface area contributed by atoms with Crippen LogP contribution in [0, 0.1) is 0 Å². The molecule has 7 heteroatoms. The van der Waals surface area contributed by atoms with Crippen molar-refractivity contribution in [2.45, 2.75) is 13.0 Å². The first-order valence-corrected chi connectivity index (χ1v) is 5.39. The summed E-state index contributed by atoms with van der Waals surface area (Å²) in [5, 5.41) is 0.491. The van der Waals surface area contributed by atoms with Gasteiger partial charge in [0, 0.05) is 7.05 Å². The van der Waals surface area contributed by atoms with Crippen LogP contribution < -0.4 is 4.99 Å². The van der Waals surface area contributed by atoms with Crippen LogP contribution in [0.5, 0.6) is 0 Å². The summed E-state index contributed by atoms with van der Waals surface area (Å²) in [4.78, 5) is 30.9. The molecule has 0 aliphatic carbocycles. The Morgan fingerprint density at radius 1 is 1.31 bits per heavy atom. The van der Waals surface area contributed by atoms with Crippen molar-refractivity contribution < 1.29 is 14.6 Å². The standard InChI is InChI=1S/C9H12N4O2S/c1-4-13-5-6(10-8(13)16)11(2)9(15)12(3)7(5)14/h5H,4H2,1-3H3/p+1. The van der Waals surface area contributed by atoms with E-state index < -0.39 is 6.04 Å². The van der Waals surface area contributed by atoms with Crippen LogP contribution in [-0.2, 0) is 4.79 Å². The summed E-state index contributed by atoms with van der Waals surface area (Å²) in [5.41, 5.74) is 0. The highest BCUT2D eigenvalue weighted by Crippen LogP contribution is 2.15. The van der Waals surface area contributed by atoms with Gasteiger partial charge in [-0.2, -0.15) is 0 Å². The number of imide groups is 1. The Morgan fingerprint density at radius 2 is 1.94 bits per heavy atom. The van der Waals surface area contributed by atoms with Crippen molar-refractivity contribution in [1.82, 2.24) is 14.7 Å². The number of likely N-dealkylation sites (N-methyl/N-ethyl adjacent to an activating group) is 3. The Bertz CT molecular complexity index is 420. The molecule has 2 aliphatic rings. The molecule has 3 amide bonds. The predicted octanol–water partition coefficient (Wildman–Crippen LogP) is -2.02. The number of carbonyl (C=O) groups is 2. The highest BCUT2D eigenvalue weighted by atomic mass is 32.1. The number of nitrogens with one attached hydrogen (secondary N) is 1. The van der Waals surface area contributed by atoms with Crippen molar-refractivity contribution in [3.05, 3.63) is 0 Å². The van der Waals surface area contributed by atoms with Crippen molar-refractivity contribution >= 4 is 35.1 Å². The molecular weight excluding hydrogens is 228 g/mol. The number of hydrogen-bond acceptors (Lipinski definition) is 3. The first-order valence-electron chi connectivity index (χ1n) is 4.98. The number of rotatable bonds is 1. The molecular formula is C9H13N4O2S+. The number of hydrogen-bond donors (Lipinski definition) is 1. The van der Waals surface area contributed by atoms with Crippen LogP contribution in [0.4, 0.5) is 4.79 Å². The Hall–Kier alpha value is -1.50.